The topological polar surface area (TPSA) is 378 Å². The predicted molar refractivity (Wildman–Crippen MR) is 428 cm³/mol. The summed E-state index contributed by atoms with van der Waals surface area (Å²) in [5.74, 6) is -6.74. The van der Waals surface area contributed by atoms with Gasteiger partial charge in [-0.2, -0.15) is 13.2 Å². The molecule has 2 aliphatic carbocycles. The third-order valence-electron chi connectivity index (χ3n) is 19.7. The first-order valence-corrected chi connectivity index (χ1v) is 37.7. The van der Waals surface area contributed by atoms with Gasteiger partial charge in [0.05, 0.1) is 62.4 Å². The highest BCUT2D eigenvalue weighted by molar-refractivity contribution is 6.51. The Labute approximate surface area is 666 Å². The highest BCUT2D eigenvalue weighted by Gasteiger charge is 2.53. The molecule has 4 amide bonds. The van der Waals surface area contributed by atoms with Crippen LogP contribution in [0.25, 0.3) is 11.0 Å². The number of halogens is 5. The van der Waals surface area contributed by atoms with Gasteiger partial charge in [-0.15, -0.1) is 0 Å². The molecule has 2 fully saturated rings. The summed E-state index contributed by atoms with van der Waals surface area (Å²) in [4.78, 5) is 118. The zero-order valence-electron chi connectivity index (χ0n) is 65.3. The van der Waals surface area contributed by atoms with Crippen LogP contribution in [0.1, 0.15) is 181 Å². The van der Waals surface area contributed by atoms with Crippen molar-refractivity contribution in [2.45, 2.75) is 187 Å². The number of nitrogens with zero attached hydrogens (tertiary/aromatic N) is 4. The summed E-state index contributed by atoms with van der Waals surface area (Å²) in [5, 5.41) is 79.5. The van der Waals surface area contributed by atoms with Crippen molar-refractivity contribution in [3.8, 4) is 0 Å². The summed E-state index contributed by atoms with van der Waals surface area (Å²) in [6.07, 6.45) is 3.51. The van der Waals surface area contributed by atoms with Crippen molar-refractivity contribution >= 4 is 97.7 Å². The van der Waals surface area contributed by atoms with Gasteiger partial charge in [-0.05, 0) is 142 Å². The van der Waals surface area contributed by atoms with Gasteiger partial charge in [0.2, 0.25) is 11.8 Å². The van der Waals surface area contributed by atoms with Crippen molar-refractivity contribution in [1.82, 2.24) is 41.2 Å². The van der Waals surface area contributed by atoms with Crippen molar-refractivity contribution in [1.29, 1.82) is 0 Å². The number of para-hydroxylation sites is 2. The molecule has 8 aromatic rings. The van der Waals surface area contributed by atoms with E-state index >= 15 is 0 Å². The molecule has 10 rings (SSSR count). The third-order valence-corrected chi connectivity index (χ3v) is 19.9. The number of aryl methyl sites for hydroxylation is 2. The molecular formula is C82H97B4ClF4N8O15. The number of aromatic nitrogens is 4. The van der Waals surface area contributed by atoms with Crippen LogP contribution in [-0.2, 0) is 44.6 Å². The third kappa shape index (κ3) is 27.5. The molecule has 0 aliphatic heterocycles. The molecule has 11 N–H and O–H groups in total. The number of fused-ring (bicyclic) bond motifs is 1. The molecule has 2 heterocycles. The molecule has 2 saturated carbocycles. The summed E-state index contributed by atoms with van der Waals surface area (Å²) in [5.41, 5.74) is 0.305. The quantitative estimate of drug-likeness (QED) is 0.0109. The average molecular weight is 1590 g/mol. The molecule has 0 saturated heterocycles. The van der Waals surface area contributed by atoms with Gasteiger partial charge in [0, 0.05) is 66.2 Å². The van der Waals surface area contributed by atoms with Gasteiger partial charge in [-0.1, -0.05) is 169 Å². The van der Waals surface area contributed by atoms with Crippen LogP contribution in [0.2, 0.25) is 23.5 Å². The van der Waals surface area contributed by atoms with Gasteiger partial charge in [-0.25, -0.2) is 14.4 Å². The lowest BCUT2D eigenvalue weighted by molar-refractivity contribution is -0.138. The Bertz CT molecular complexity index is 4630. The van der Waals surface area contributed by atoms with Crippen LogP contribution < -0.4 is 21.3 Å². The van der Waals surface area contributed by atoms with Crippen LogP contribution in [0.5, 0.6) is 0 Å². The lowest BCUT2D eigenvalue weighted by atomic mass is 9.59. The lowest BCUT2D eigenvalue weighted by Gasteiger charge is -2.31. The second-order valence-electron chi connectivity index (χ2n) is 31.8. The predicted octanol–water partition coefficient (Wildman–Crippen LogP) is 10.5. The summed E-state index contributed by atoms with van der Waals surface area (Å²) < 4.78 is 53.5. The number of carbonyl (C=O) groups is 8. The fraction of sp³-hybridized carbons (Fsp3) is 0.390. The van der Waals surface area contributed by atoms with Crippen molar-refractivity contribution in [2.24, 2.45) is 16.2 Å². The van der Waals surface area contributed by atoms with E-state index in [0.717, 1.165) is 34.4 Å². The Kier molecular flexibility index (Phi) is 32.1. The van der Waals surface area contributed by atoms with Crippen LogP contribution in [0.15, 0.2) is 170 Å². The first-order chi connectivity index (χ1) is 53.4. The molecule has 0 radical (unpaired) electrons. The summed E-state index contributed by atoms with van der Waals surface area (Å²) in [7, 11) is -5.25. The zero-order chi connectivity index (χ0) is 84.3. The lowest BCUT2D eigenvalue weighted by Crippen LogP contribution is -2.52. The van der Waals surface area contributed by atoms with Crippen molar-refractivity contribution < 1.29 is 91.1 Å². The molecule has 114 heavy (non-hydrogen) atoms. The molecule has 0 bridgehead atoms. The Morgan fingerprint density at radius 3 is 1.45 bits per heavy atom. The molecule has 602 valence electrons. The number of carbonyl (C=O) groups excluding carboxylic acids is 8. The molecule has 4 atom stereocenters. The maximum Gasteiger partial charge on any atom is 0.475 e. The first kappa shape index (κ1) is 91.5. The van der Waals surface area contributed by atoms with E-state index in [1.807, 2.05) is 68.4 Å². The first-order valence-electron chi connectivity index (χ1n) is 37.3. The molecule has 6 aromatic carbocycles. The van der Waals surface area contributed by atoms with Crippen LogP contribution in [0.4, 0.5) is 17.6 Å². The zero-order valence-corrected chi connectivity index (χ0v) is 66.1. The van der Waals surface area contributed by atoms with E-state index in [9.17, 15) is 91.1 Å². The number of amides is 4. The van der Waals surface area contributed by atoms with Gasteiger partial charge in [0.1, 0.15) is 17.2 Å². The minimum Gasteiger partial charge on any atom is -0.449 e. The van der Waals surface area contributed by atoms with E-state index in [0.29, 0.717) is 60.1 Å². The monoisotopic (exact) mass is 1590 g/mol. The molecule has 0 unspecified atom stereocenters. The van der Waals surface area contributed by atoms with Crippen molar-refractivity contribution in [3.05, 3.63) is 237 Å². The SMILES string of the molecule is CB(O)[C@H](CC(C)(C)C)NC(=O)C(C)(C)CC(=O)c1cnccn1.CC(C)(CC(=O)c1cnc2ccccc2n1)C(=O)N[C@@H](Cc1ccccc1F)B(O)O.Cc1ccc(C[C@H](CC(=O)C2(NC(=O)c3ccc(Cl)cc3)CC2)B(O)O)cc1.Cc1ccc(C[C@H](CC(=O)C2(NC(=O)c3ccccc3C(F)(F)F)CC2)B(O)O)cc1. The van der Waals surface area contributed by atoms with Gasteiger partial charge < -0.3 is 56.4 Å². The number of benzene rings is 6. The van der Waals surface area contributed by atoms with Gasteiger partial charge in [0.15, 0.2) is 23.1 Å². The second-order valence-corrected chi connectivity index (χ2v) is 32.2. The number of hydrogen-bond donors (Lipinski definition) is 11. The smallest absolute Gasteiger partial charge is 0.449 e. The van der Waals surface area contributed by atoms with Crippen LogP contribution >= 0.6 is 11.6 Å². The molecular weight excluding hydrogens is 1490 g/mol. The standard InChI is InChI=1S/C22H23BF3NO4.C22H23BFN3O4.C21H23BClNO4.C17H28BN3O3/c1-14-6-8-15(9-7-14)12-16(23(30)31)13-19(28)21(10-11-21)27-20(29)17-4-2-3-5-18(17)22(24,25)26;1-22(2,12-19(28)18-13-25-16-9-5-6-10-17(16)26-18)21(29)27-20(23(30)31)11-14-7-3-4-8-15(14)24;1-14-2-4-15(5-3-14)12-17(22(27)28)13-19(25)21(10-11-21)24-20(26)16-6-8-18(23)9-7-16;1-16(2,3)10-14(18(6)24)21-15(23)17(4,5)9-13(22)12-11-19-7-8-20-12/h2-9,16,30-31H,10-13H2,1H3,(H,27,29);3-10,13,20,30-31H,11-12H2,1-2H3,(H,27,29);2-9,17,27-28H,10-13H2,1H3,(H,24,26);7-8,11,14,24H,9-10H2,1-6H3,(H,21,23)/t16-;20-;17-;14-/m1010/s1. The second kappa shape index (κ2) is 40.0. The maximum absolute atomic E-state index is 13.9. The van der Waals surface area contributed by atoms with E-state index < -0.39 is 108 Å². The van der Waals surface area contributed by atoms with E-state index in [4.69, 9.17) is 11.6 Å². The Hall–Kier alpha value is -9.71. The van der Waals surface area contributed by atoms with Crippen LogP contribution in [0, 0.1) is 35.9 Å². The minimum atomic E-state index is -4.70. The van der Waals surface area contributed by atoms with Gasteiger partial charge in [-0.3, -0.25) is 48.3 Å². The molecule has 0 spiro atoms. The highest BCUT2D eigenvalue weighted by Crippen LogP contribution is 2.42. The fourth-order valence-electron chi connectivity index (χ4n) is 12.3. The van der Waals surface area contributed by atoms with Crippen molar-refractivity contribution in [3.63, 3.8) is 0 Å². The number of hydrogen-bond acceptors (Lipinski definition) is 19. The molecule has 32 heteroatoms. The number of ketones is 4. The Morgan fingerprint density at radius 2 is 0.991 bits per heavy atom. The normalized spacial score (nSPS) is 14.3. The van der Waals surface area contributed by atoms with E-state index in [1.54, 1.807) is 83.0 Å². The van der Waals surface area contributed by atoms with E-state index in [1.165, 1.54) is 55.1 Å². The molecule has 2 aromatic heterocycles. The van der Waals surface area contributed by atoms with E-state index in [-0.39, 0.29) is 96.0 Å². The van der Waals surface area contributed by atoms with Crippen LogP contribution in [0.3, 0.4) is 0 Å². The Morgan fingerprint density at radius 1 is 0.526 bits per heavy atom. The minimum absolute atomic E-state index is 0.00750. The number of rotatable bonds is 31. The van der Waals surface area contributed by atoms with Crippen molar-refractivity contribution in [2.75, 3.05) is 0 Å². The fourth-order valence-corrected chi connectivity index (χ4v) is 12.5. The number of alkyl halides is 3. The van der Waals surface area contributed by atoms with E-state index in [2.05, 4.69) is 62.0 Å². The maximum atomic E-state index is 13.9. The van der Waals surface area contributed by atoms with Gasteiger partial charge in [0.25, 0.3) is 11.8 Å². The van der Waals surface area contributed by atoms with Crippen LogP contribution in [-0.4, -0.2) is 153 Å². The summed E-state index contributed by atoms with van der Waals surface area (Å²) in [6, 6.07) is 39.0. The highest BCUT2D eigenvalue weighted by atomic mass is 35.5. The average Bonchev–Trinajstić information content (AvgIpc) is 1.62. The Balaban J connectivity index is 0.000000212. The summed E-state index contributed by atoms with van der Waals surface area (Å²) >= 11 is 5.84. The largest absolute Gasteiger partial charge is 0.475 e. The van der Waals surface area contributed by atoms with Gasteiger partial charge >= 0.3 is 34.4 Å². The summed E-state index contributed by atoms with van der Waals surface area (Å²) in [6.45, 7) is 17.6. The number of nitrogens with one attached hydrogen (secondary N) is 4. The molecule has 2 aliphatic rings. The number of Topliss-reactive ketones (excluding diaryl/α,β-unsaturated/α-hetero) is 4. The molecule has 23 nitrogen and oxygen atoms in total.